The molecule has 4 rings (SSSR count). The second-order valence-corrected chi connectivity index (χ2v) is 7.95. The number of carbonyl (C=O) groups is 2. The number of benzene rings is 1. The molecule has 1 aromatic carbocycles. The van der Waals surface area contributed by atoms with Gasteiger partial charge in [-0.05, 0) is 50.7 Å². The predicted octanol–water partition coefficient (Wildman–Crippen LogP) is 3.61. The van der Waals surface area contributed by atoms with Crippen molar-refractivity contribution in [3.05, 3.63) is 18.2 Å². The molecule has 0 bridgehead atoms. The number of fused-ring (bicyclic) bond motifs is 1. The van der Waals surface area contributed by atoms with Crippen LogP contribution in [0.4, 0.5) is 5.69 Å². The van der Waals surface area contributed by atoms with Gasteiger partial charge in [0, 0.05) is 29.6 Å². The molecule has 146 valence electrons. The lowest BCUT2D eigenvalue weighted by molar-refractivity contribution is -0.129. The molecule has 0 atom stereocenters. The van der Waals surface area contributed by atoms with E-state index in [0.717, 1.165) is 44.2 Å². The van der Waals surface area contributed by atoms with Gasteiger partial charge in [-0.1, -0.05) is 19.3 Å². The van der Waals surface area contributed by atoms with Gasteiger partial charge in [0.2, 0.25) is 18.6 Å². The lowest BCUT2D eigenvalue weighted by Crippen LogP contribution is -2.41. The van der Waals surface area contributed by atoms with Crippen molar-refractivity contribution in [2.45, 2.75) is 63.8 Å². The Morgan fingerprint density at radius 2 is 1.48 bits per heavy atom. The third-order valence-electron chi connectivity index (χ3n) is 6.06. The van der Waals surface area contributed by atoms with Gasteiger partial charge < -0.3 is 20.1 Å². The molecule has 0 aromatic heterocycles. The molecule has 1 heterocycles. The molecule has 0 saturated heterocycles. The van der Waals surface area contributed by atoms with Crippen LogP contribution >= 0.6 is 0 Å². The van der Waals surface area contributed by atoms with E-state index in [4.69, 9.17) is 9.47 Å². The minimum atomic E-state index is -0.0332. The van der Waals surface area contributed by atoms with Crippen LogP contribution in [-0.2, 0) is 9.59 Å². The highest BCUT2D eigenvalue weighted by Gasteiger charge is 2.31. The molecular weight excluding hydrogens is 344 g/mol. The molecule has 1 aromatic rings. The molecule has 6 heteroatoms. The van der Waals surface area contributed by atoms with Crippen LogP contribution in [0.25, 0.3) is 0 Å². The Hall–Kier alpha value is -2.24. The molecule has 0 unspecified atom stereocenters. The number of hydrogen-bond acceptors (Lipinski definition) is 4. The highest BCUT2D eigenvalue weighted by atomic mass is 16.7. The van der Waals surface area contributed by atoms with Gasteiger partial charge >= 0.3 is 0 Å². The lowest BCUT2D eigenvalue weighted by atomic mass is 9.80. The van der Waals surface area contributed by atoms with Crippen molar-refractivity contribution in [1.82, 2.24) is 5.32 Å². The molecule has 0 radical (unpaired) electrons. The van der Waals surface area contributed by atoms with Crippen LogP contribution in [0.15, 0.2) is 18.2 Å². The molecule has 2 N–H and O–H groups in total. The fraction of sp³-hybridized carbons (Fsp3) is 0.619. The fourth-order valence-corrected chi connectivity index (χ4v) is 4.40. The Kier molecular flexibility index (Phi) is 5.50. The summed E-state index contributed by atoms with van der Waals surface area (Å²) in [5.41, 5.74) is 0.724. The summed E-state index contributed by atoms with van der Waals surface area (Å²) < 4.78 is 10.6. The maximum atomic E-state index is 12.6. The summed E-state index contributed by atoms with van der Waals surface area (Å²) in [6.07, 6.45) is 9.05. The zero-order valence-electron chi connectivity index (χ0n) is 15.7. The Labute approximate surface area is 160 Å². The minimum absolute atomic E-state index is 0.0278. The highest BCUT2D eigenvalue weighted by molar-refractivity contribution is 5.93. The maximum absolute atomic E-state index is 12.6. The number of amides is 2. The first-order valence-corrected chi connectivity index (χ1v) is 10.2. The summed E-state index contributed by atoms with van der Waals surface area (Å²) in [6, 6.07) is 5.79. The van der Waals surface area contributed by atoms with E-state index in [9.17, 15) is 9.59 Å². The molecule has 2 saturated carbocycles. The van der Waals surface area contributed by atoms with Crippen molar-refractivity contribution in [3.63, 3.8) is 0 Å². The lowest BCUT2D eigenvalue weighted by Gasteiger charge is -2.29. The molecule has 27 heavy (non-hydrogen) atoms. The topological polar surface area (TPSA) is 76.7 Å². The van der Waals surface area contributed by atoms with Crippen molar-refractivity contribution in [1.29, 1.82) is 0 Å². The summed E-state index contributed by atoms with van der Waals surface area (Å²) in [4.78, 5) is 25.1. The van der Waals surface area contributed by atoms with Crippen LogP contribution in [0.2, 0.25) is 0 Å². The molecule has 2 aliphatic carbocycles. The molecule has 2 fully saturated rings. The predicted molar refractivity (Wildman–Crippen MR) is 102 cm³/mol. The van der Waals surface area contributed by atoms with Gasteiger partial charge in [0.25, 0.3) is 0 Å². The molecular formula is C21H28N2O4. The van der Waals surface area contributed by atoms with Crippen LogP contribution < -0.4 is 20.1 Å². The van der Waals surface area contributed by atoms with Gasteiger partial charge in [-0.2, -0.15) is 0 Å². The zero-order chi connectivity index (χ0) is 18.6. The van der Waals surface area contributed by atoms with Gasteiger partial charge in [-0.15, -0.1) is 0 Å². The fourth-order valence-electron chi connectivity index (χ4n) is 4.40. The van der Waals surface area contributed by atoms with Crippen molar-refractivity contribution < 1.29 is 19.1 Å². The maximum Gasteiger partial charge on any atom is 0.231 e. The van der Waals surface area contributed by atoms with Crippen molar-refractivity contribution in [3.8, 4) is 11.5 Å². The van der Waals surface area contributed by atoms with Gasteiger partial charge in [0.1, 0.15) is 0 Å². The standard InChI is InChI=1S/C21H28N2O4/c24-20(22-16-4-2-1-3-5-16)14-6-8-15(9-7-14)21(25)23-17-10-11-18-19(12-17)27-13-26-18/h10-12,14-16H,1-9,13H2,(H,22,24)(H,23,25). The van der Waals surface area contributed by atoms with E-state index in [1.165, 1.54) is 19.3 Å². The molecule has 1 aliphatic heterocycles. The normalized spacial score (nSPS) is 25.0. The van der Waals surface area contributed by atoms with Crippen molar-refractivity contribution in [2.75, 3.05) is 12.1 Å². The first-order valence-electron chi connectivity index (χ1n) is 10.2. The first kappa shape index (κ1) is 18.1. The monoisotopic (exact) mass is 372 g/mol. The Morgan fingerprint density at radius 1 is 0.815 bits per heavy atom. The summed E-state index contributed by atoms with van der Waals surface area (Å²) >= 11 is 0. The van der Waals surface area contributed by atoms with E-state index < -0.39 is 0 Å². The van der Waals surface area contributed by atoms with Crippen molar-refractivity contribution >= 4 is 17.5 Å². The van der Waals surface area contributed by atoms with E-state index >= 15 is 0 Å². The highest BCUT2D eigenvalue weighted by Crippen LogP contribution is 2.35. The van der Waals surface area contributed by atoms with E-state index in [2.05, 4.69) is 10.6 Å². The summed E-state index contributed by atoms with van der Waals surface area (Å²) in [6.45, 7) is 0.222. The van der Waals surface area contributed by atoms with Gasteiger partial charge in [0.05, 0.1) is 0 Å². The third-order valence-corrected chi connectivity index (χ3v) is 6.06. The number of hydrogen-bond donors (Lipinski definition) is 2. The van der Waals surface area contributed by atoms with E-state index in [1.807, 2.05) is 12.1 Å². The van der Waals surface area contributed by atoms with Crippen LogP contribution in [0.5, 0.6) is 11.5 Å². The largest absolute Gasteiger partial charge is 0.454 e. The molecule has 6 nitrogen and oxygen atoms in total. The van der Waals surface area contributed by atoms with Crippen LogP contribution in [-0.4, -0.2) is 24.6 Å². The summed E-state index contributed by atoms with van der Waals surface area (Å²) in [7, 11) is 0. The Morgan fingerprint density at radius 3 is 2.22 bits per heavy atom. The van der Waals surface area contributed by atoms with Crippen molar-refractivity contribution in [2.24, 2.45) is 11.8 Å². The number of rotatable bonds is 4. The smallest absolute Gasteiger partial charge is 0.231 e. The first-order chi connectivity index (χ1) is 13.2. The minimum Gasteiger partial charge on any atom is -0.454 e. The second-order valence-electron chi connectivity index (χ2n) is 7.95. The summed E-state index contributed by atoms with van der Waals surface area (Å²) in [5.74, 6) is 1.61. The number of anilines is 1. The quantitative estimate of drug-likeness (QED) is 0.846. The average Bonchev–Trinajstić information content (AvgIpc) is 3.16. The SMILES string of the molecule is O=C(Nc1ccc2c(c1)OCO2)C1CCC(C(=O)NC2CCCCC2)CC1. The van der Waals surface area contributed by atoms with E-state index in [-0.39, 0.29) is 30.4 Å². The Bertz CT molecular complexity index is 691. The number of nitrogens with one attached hydrogen (secondary N) is 2. The molecule has 2 amide bonds. The van der Waals surface area contributed by atoms with E-state index in [0.29, 0.717) is 17.5 Å². The summed E-state index contributed by atoms with van der Waals surface area (Å²) in [5, 5.41) is 6.21. The van der Waals surface area contributed by atoms with Gasteiger partial charge in [0.15, 0.2) is 11.5 Å². The Balaban J connectivity index is 1.24. The van der Waals surface area contributed by atoms with E-state index in [1.54, 1.807) is 6.07 Å². The zero-order valence-corrected chi connectivity index (χ0v) is 15.7. The molecule has 0 spiro atoms. The second kappa shape index (κ2) is 8.19. The van der Waals surface area contributed by atoms with Gasteiger partial charge in [-0.3, -0.25) is 9.59 Å². The van der Waals surface area contributed by atoms with Gasteiger partial charge in [-0.25, -0.2) is 0 Å². The van der Waals surface area contributed by atoms with Crippen LogP contribution in [0.3, 0.4) is 0 Å². The van der Waals surface area contributed by atoms with Crippen LogP contribution in [0.1, 0.15) is 57.8 Å². The number of carbonyl (C=O) groups excluding carboxylic acids is 2. The third kappa shape index (κ3) is 4.37. The average molecular weight is 372 g/mol. The molecule has 3 aliphatic rings. The van der Waals surface area contributed by atoms with Crippen LogP contribution in [0, 0.1) is 11.8 Å². The number of ether oxygens (including phenoxy) is 2.